The maximum Gasteiger partial charge on any atom is 0.320 e. The Hall–Kier alpha value is -2.43. The van der Waals surface area contributed by atoms with Crippen molar-refractivity contribution in [2.75, 3.05) is 5.32 Å². The maximum absolute atomic E-state index is 11.6. The summed E-state index contributed by atoms with van der Waals surface area (Å²) in [6.07, 6.45) is 1.62. The van der Waals surface area contributed by atoms with Gasteiger partial charge in [0.25, 0.3) is 0 Å². The van der Waals surface area contributed by atoms with Crippen LogP contribution in [0.25, 0.3) is 0 Å². The number of carbonyl (C=O) groups is 1. The molecule has 2 amide bonds. The van der Waals surface area contributed by atoms with Crippen molar-refractivity contribution in [2.24, 2.45) is 0 Å². The molecule has 0 fully saturated rings. The van der Waals surface area contributed by atoms with E-state index in [1.165, 1.54) is 0 Å². The highest BCUT2D eigenvalue weighted by molar-refractivity contribution is 5.88. The summed E-state index contributed by atoms with van der Waals surface area (Å²) in [5, 5.41) is 5.36. The van der Waals surface area contributed by atoms with E-state index in [-0.39, 0.29) is 6.03 Å². The number of carbonyl (C=O) groups excluding carboxylic acids is 1. The number of rotatable bonds is 3. The van der Waals surface area contributed by atoms with Crippen molar-refractivity contribution in [2.45, 2.75) is 13.5 Å². The second-order valence-corrected chi connectivity index (χ2v) is 3.79. The van der Waals surface area contributed by atoms with Crippen molar-refractivity contribution in [1.29, 1.82) is 0 Å². The molecule has 0 unspecified atom stereocenters. The molecule has 5 nitrogen and oxygen atoms in total. The topological polar surface area (TPSA) is 66.9 Å². The number of hydrogen-bond donors (Lipinski definition) is 2. The summed E-state index contributed by atoms with van der Waals surface area (Å²) in [5.74, 6) is 0.521. The van der Waals surface area contributed by atoms with E-state index in [4.69, 9.17) is 0 Å². The number of anilines is 1. The van der Waals surface area contributed by atoms with Gasteiger partial charge in [0.15, 0.2) is 0 Å². The molecule has 2 N–H and O–H groups in total. The minimum atomic E-state index is -0.294. The standard InChI is InChI=1S/C13H14N4O/c1-10-5-4-6-11(16-10)9-15-13(18)17-12-7-2-3-8-14-12/h2-8H,9H2,1H3,(H2,14,15,17,18). The quantitative estimate of drug-likeness (QED) is 0.866. The smallest absolute Gasteiger partial charge is 0.320 e. The first kappa shape index (κ1) is 12.0. The van der Waals surface area contributed by atoms with Crippen LogP contribution in [-0.2, 0) is 6.54 Å². The van der Waals surface area contributed by atoms with Crippen LogP contribution in [0.5, 0.6) is 0 Å². The van der Waals surface area contributed by atoms with E-state index in [0.717, 1.165) is 11.4 Å². The van der Waals surface area contributed by atoms with Crippen LogP contribution in [0.3, 0.4) is 0 Å². The molecule has 0 aliphatic carbocycles. The van der Waals surface area contributed by atoms with E-state index in [1.54, 1.807) is 18.3 Å². The molecule has 0 spiro atoms. The number of aryl methyl sites for hydroxylation is 1. The van der Waals surface area contributed by atoms with Gasteiger partial charge in [-0.15, -0.1) is 0 Å². The predicted octanol–water partition coefficient (Wildman–Crippen LogP) is 2.11. The maximum atomic E-state index is 11.6. The summed E-state index contributed by atoms with van der Waals surface area (Å²) in [6.45, 7) is 2.30. The van der Waals surface area contributed by atoms with Crippen LogP contribution in [0, 0.1) is 6.92 Å². The molecule has 2 aromatic heterocycles. The number of pyridine rings is 2. The lowest BCUT2D eigenvalue weighted by molar-refractivity contribution is 0.251. The first-order valence-electron chi connectivity index (χ1n) is 5.62. The average molecular weight is 242 g/mol. The van der Waals surface area contributed by atoms with Gasteiger partial charge in [0.2, 0.25) is 0 Å². The van der Waals surface area contributed by atoms with E-state index in [0.29, 0.717) is 12.4 Å². The second kappa shape index (κ2) is 5.77. The fourth-order valence-electron chi connectivity index (χ4n) is 1.47. The Morgan fingerprint density at radius 3 is 2.83 bits per heavy atom. The third-order valence-corrected chi connectivity index (χ3v) is 2.28. The lowest BCUT2D eigenvalue weighted by Gasteiger charge is -2.06. The van der Waals surface area contributed by atoms with Crippen LogP contribution in [0.15, 0.2) is 42.6 Å². The largest absolute Gasteiger partial charge is 0.332 e. The SMILES string of the molecule is Cc1cccc(CNC(=O)Nc2ccccn2)n1. The fraction of sp³-hybridized carbons (Fsp3) is 0.154. The number of urea groups is 1. The molecular formula is C13H14N4O. The van der Waals surface area contributed by atoms with Crippen LogP contribution < -0.4 is 10.6 Å². The lowest BCUT2D eigenvalue weighted by atomic mass is 10.3. The van der Waals surface area contributed by atoms with Gasteiger partial charge in [-0.1, -0.05) is 12.1 Å². The Morgan fingerprint density at radius 1 is 1.22 bits per heavy atom. The zero-order valence-corrected chi connectivity index (χ0v) is 10.1. The third-order valence-electron chi connectivity index (χ3n) is 2.28. The predicted molar refractivity (Wildman–Crippen MR) is 69.1 cm³/mol. The van der Waals surface area contributed by atoms with E-state index in [2.05, 4.69) is 20.6 Å². The number of amides is 2. The van der Waals surface area contributed by atoms with Crippen molar-refractivity contribution in [1.82, 2.24) is 15.3 Å². The van der Waals surface area contributed by atoms with Crippen molar-refractivity contribution >= 4 is 11.8 Å². The molecule has 2 aromatic rings. The van der Waals surface area contributed by atoms with Crippen LogP contribution in [0.1, 0.15) is 11.4 Å². The lowest BCUT2D eigenvalue weighted by Crippen LogP contribution is -2.28. The fourth-order valence-corrected chi connectivity index (χ4v) is 1.47. The molecule has 0 bridgehead atoms. The molecular weight excluding hydrogens is 228 g/mol. The van der Waals surface area contributed by atoms with Gasteiger partial charge in [0, 0.05) is 11.9 Å². The van der Waals surface area contributed by atoms with Gasteiger partial charge in [0.1, 0.15) is 5.82 Å². The van der Waals surface area contributed by atoms with Gasteiger partial charge in [0.05, 0.1) is 12.2 Å². The van der Waals surface area contributed by atoms with Gasteiger partial charge in [-0.05, 0) is 31.2 Å². The highest BCUT2D eigenvalue weighted by Crippen LogP contribution is 2.00. The molecule has 0 aliphatic heterocycles. The van der Waals surface area contributed by atoms with E-state index in [9.17, 15) is 4.79 Å². The van der Waals surface area contributed by atoms with Crippen molar-refractivity contribution in [3.63, 3.8) is 0 Å². The number of aromatic nitrogens is 2. The monoisotopic (exact) mass is 242 g/mol. The Bertz CT molecular complexity index is 528. The zero-order valence-electron chi connectivity index (χ0n) is 10.1. The molecule has 18 heavy (non-hydrogen) atoms. The Labute approximate surface area is 105 Å². The summed E-state index contributed by atoms with van der Waals surface area (Å²) in [4.78, 5) is 19.9. The number of hydrogen-bond acceptors (Lipinski definition) is 3. The molecule has 2 rings (SSSR count). The third kappa shape index (κ3) is 3.55. The highest BCUT2D eigenvalue weighted by atomic mass is 16.2. The van der Waals surface area contributed by atoms with Crippen LogP contribution in [-0.4, -0.2) is 16.0 Å². The minimum Gasteiger partial charge on any atom is -0.332 e. The number of nitrogens with one attached hydrogen (secondary N) is 2. The van der Waals surface area contributed by atoms with Crippen LogP contribution >= 0.6 is 0 Å². The highest BCUT2D eigenvalue weighted by Gasteiger charge is 2.02. The molecule has 0 aliphatic rings. The van der Waals surface area contributed by atoms with Crippen LogP contribution in [0.2, 0.25) is 0 Å². The molecule has 2 heterocycles. The normalized spacial score (nSPS) is 9.83. The summed E-state index contributed by atoms with van der Waals surface area (Å²) in [5.41, 5.74) is 1.76. The second-order valence-electron chi connectivity index (χ2n) is 3.79. The van der Waals surface area contributed by atoms with Gasteiger partial charge in [-0.25, -0.2) is 9.78 Å². The molecule has 0 saturated heterocycles. The Balaban J connectivity index is 1.85. The molecule has 0 aromatic carbocycles. The summed E-state index contributed by atoms with van der Waals surface area (Å²) in [7, 11) is 0. The van der Waals surface area contributed by atoms with Gasteiger partial charge >= 0.3 is 6.03 Å². The van der Waals surface area contributed by atoms with Crippen molar-refractivity contribution in [3.8, 4) is 0 Å². The summed E-state index contributed by atoms with van der Waals surface area (Å²) in [6, 6.07) is 10.7. The first-order chi connectivity index (χ1) is 8.74. The first-order valence-corrected chi connectivity index (χ1v) is 5.62. The van der Waals surface area contributed by atoms with E-state index in [1.807, 2.05) is 31.2 Å². The van der Waals surface area contributed by atoms with Gasteiger partial charge in [-0.2, -0.15) is 0 Å². The molecule has 5 heteroatoms. The number of nitrogens with zero attached hydrogens (tertiary/aromatic N) is 2. The average Bonchev–Trinajstić information content (AvgIpc) is 2.38. The molecule has 0 radical (unpaired) electrons. The van der Waals surface area contributed by atoms with Gasteiger partial charge < -0.3 is 5.32 Å². The zero-order chi connectivity index (χ0) is 12.8. The molecule has 92 valence electrons. The van der Waals surface area contributed by atoms with Crippen molar-refractivity contribution in [3.05, 3.63) is 54.0 Å². The van der Waals surface area contributed by atoms with Crippen molar-refractivity contribution < 1.29 is 4.79 Å². The minimum absolute atomic E-state index is 0.294. The Kier molecular flexibility index (Phi) is 3.86. The van der Waals surface area contributed by atoms with E-state index >= 15 is 0 Å². The summed E-state index contributed by atoms with van der Waals surface area (Å²) < 4.78 is 0. The van der Waals surface area contributed by atoms with E-state index < -0.39 is 0 Å². The molecule has 0 saturated carbocycles. The van der Waals surface area contributed by atoms with Crippen LogP contribution in [0.4, 0.5) is 10.6 Å². The summed E-state index contributed by atoms with van der Waals surface area (Å²) >= 11 is 0. The van der Waals surface area contributed by atoms with Gasteiger partial charge in [-0.3, -0.25) is 10.3 Å². The Morgan fingerprint density at radius 2 is 2.11 bits per heavy atom. The molecule has 0 atom stereocenters.